The number of para-hydroxylation sites is 1. The van der Waals surface area contributed by atoms with E-state index in [1.165, 1.54) is 0 Å². The van der Waals surface area contributed by atoms with E-state index in [9.17, 15) is 0 Å². The molecule has 0 spiro atoms. The van der Waals surface area contributed by atoms with E-state index in [2.05, 4.69) is 5.32 Å². The normalized spacial score (nSPS) is 10.6. The van der Waals surface area contributed by atoms with Crippen LogP contribution in [0.3, 0.4) is 0 Å². The van der Waals surface area contributed by atoms with Gasteiger partial charge in [0.1, 0.15) is 12.4 Å². The highest BCUT2D eigenvalue weighted by molar-refractivity contribution is 6.31. The highest BCUT2D eigenvalue weighted by Gasteiger charge is 2.11. The third kappa shape index (κ3) is 5.80. The van der Waals surface area contributed by atoms with Crippen LogP contribution in [0.15, 0.2) is 60.7 Å². The average molecular weight is 432 g/mol. The molecule has 0 aliphatic rings. The van der Waals surface area contributed by atoms with Crippen molar-refractivity contribution in [1.82, 2.24) is 5.32 Å². The van der Waals surface area contributed by atoms with Crippen LogP contribution >= 0.6 is 23.2 Å². The lowest BCUT2D eigenvalue weighted by atomic mass is 10.1. The Labute approximate surface area is 181 Å². The molecule has 29 heavy (non-hydrogen) atoms. The quantitative estimate of drug-likeness (QED) is 0.459. The van der Waals surface area contributed by atoms with Crippen molar-refractivity contribution in [3.63, 3.8) is 0 Å². The van der Waals surface area contributed by atoms with Gasteiger partial charge in [0.25, 0.3) is 0 Å². The summed E-state index contributed by atoms with van der Waals surface area (Å²) in [5.41, 5.74) is 2.98. The Hall–Kier alpha value is -2.40. The summed E-state index contributed by atoms with van der Waals surface area (Å²) >= 11 is 12.5. The van der Waals surface area contributed by atoms with Crippen LogP contribution in [0.5, 0.6) is 17.2 Å². The Morgan fingerprint density at radius 3 is 2.28 bits per heavy atom. The number of halogens is 2. The molecule has 0 bridgehead atoms. The van der Waals surface area contributed by atoms with E-state index in [-0.39, 0.29) is 0 Å². The Kier molecular flexibility index (Phi) is 7.64. The Morgan fingerprint density at radius 2 is 1.52 bits per heavy atom. The first-order valence-electron chi connectivity index (χ1n) is 9.17. The zero-order valence-electron chi connectivity index (χ0n) is 16.4. The number of rotatable bonds is 9. The van der Waals surface area contributed by atoms with Crippen molar-refractivity contribution in [3.05, 3.63) is 87.4 Å². The predicted octanol–water partition coefficient (Wildman–Crippen LogP) is 5.88. The standard InChI is InChI=1S/C23H23Cl2NO3/c1-27-21-9-4-3-7-17(21)13-26-14-18-11-22(28-2)23(12-20(18)25)29-15-16-6-5-8-19(24)10-16/h3-12,26H,13-15H2,1-2H3. The maximum absolute atomic E-state index is 6.48. The van der Waals surface area contributed by atoms with Gasteiger partial charge in [0.05, 0.1) is 14.2 Å². The van der Waals surface area contributed by atoms with Crippen molar-refractivity contribution >= 4 is 23.2 Å². The summed E-state index contributed by atoms with van der Waals surface area (Å²) < 4.78 is 16.8. The number of methoxy groups -OCH3 is 2. The van der Waals surface area contributed by atoms with Gasteiger partial charge in [-0.2, -0.15) is 0 Å². The van der Waals surface area contributed by atoms with E-state index in [0.29, 0.717) is 41.2 Å². The van der Waals surface area contributed by atoms with Gasteiger partial charge in [-0.05, 0) is 35.4 Å². The van der Waals surface area contributed by atoms with Gasteiger partial charge in [-0.15, -0.1) is 0 Å². The lowest BCUT2D eigenvalue weighted by Gasteiger charge is -2.15. The third-order valence-corrected chi connectivity index (χ3v) is 5.03. The molecule has 0 atom stereocenters. The minimum absolute atomic E-state index is 0.374. The first-order valence-corrected chi connectivity index (χ1v) is 9.92. The van der Waals surface area contributed by atoms with Crippen molar-refractivity contribution in [3.8, 4) is 17.2 Å². The number of ether oxygens (including phenoxy) is 3. The zero-order valence-corrected chi connectivity index (χ0v) is 17.9. The van der Waals surface area contributed by atoms with E-state index >= 15 is 0 Å². The van der Waals surface area contributed by atoms with Gasteiger partial charge in [0.15, 0.2) is 11.5 Å². The fourth-order valence-corrected chi connectivity index (χ4v) is 3.39. The van der Waals surface area contributed by atoms with Gasteiger partial charge in [0, 0.05) is 34.8 Å². The number of nitrogens with one attached hydrogen (secondary N) is 1. The molecule has 4 nitrogen and oxygen atoms in total. The molecular weight excluding hydrogens is 409 g/mol. The fourth-order valence-electron chi connectivity index (χ4n) is 2.95. The van der Waals surface area contributed by atoms with Crippen LogP contribution in [-0.2, 0) is 19.7 Å². The van der Waals surface area contributed by atoms with Gasteiger partial charge in [-0.1, -0.05) is 53.5 Å². The third-order valence-electron chi connectivity index (χ3n) is 4.44. The Morgan fingerprint density at radius 1 is 0.759 bits per heavy atom. The summed E-state index contributed by atoms with van der Waals surface area (Å²) in [5, 5.41) is 4.68. The minimum atomic E-state index is 0.374. The number of hydrogen-bond acceptors (Lipinski definition) is 4. The molecule has 0 aliphatic carbocycles. The molecule has 0 fully saturated rings. The van der Waals surface area contributed by atoms with Gasteiger partial charge in [0.2, 0.25) is 0 Å². The lowest BCUT2D eigenvalue weighted by molar-refractivity contribution is 0.284. The van der Waals surface area contributed by atoms with Crippen LogP contribution in [-0.4, -0.2) is 14.2 Å². The minimum Gasteiger partial charge on any atom is -0.496 e. The molecule has 3 aromatic rings. The summed E-state index contributed by atoms with van der Waals surface area (Å²) in [4.78, 5) is 0. The summed E-state index contributed by atoms with van der Waals surface area (Å²) in [6.45, 7) is 1.62. The molecule has 6 heteroatoms. The largest absolute Gasteiger partial charge is 0.496 e. The SMILES string of the molecule is COc1ccccc1CNCc1cc(OC)c(OCc2cccc(Cl)c2)cc1Cl. The van der Waals surface area contributed by atoms with Crippen molar-refractivity contribution in [2.45, 2.75) is 19.7 Å². The number of hydrogen-bond donors (Lipinski definition) is 1. The molecule has 152 valence electrons. The van der Waals surface area contributed by atoms with E-state index in [1.54, 1.807) is 20.3 Å². The van der Waals surface area contributed by atoms with Crippen LogP contribution in [0.1, 0.15) is 16.7 Å². The maximum atomic E-state index is 6.48. The molecule has 0 saturated carbocycles. The molecule has 0 amide bonds. The molecule has 0 saturated heterocycles. The molecule has 0 aromatic heterocycles. The van der Waals surface area contributed by atoms with Crippen molar-refractivity contribution in [2.24, 2.45) is 0 Å². The molecular formula is C23H23Cl2NO3. The van der Waals surface area contributed by atoms with Crippen LogP contribution in [0.25, 0.3) is 0 Å². The smallest absolute Gasteiger partial charge is 0.163 e. The van der Waals surface area contributed by atoms with Crippen molar-refractivity contribution in [2.75, 3.05) is 14.2 Å². The van der Waals surface area contributed by atoms with Crippen LogP contribution in [0.2, 0.25) is 10.0 Å². The lowest BCUT2D eigenvalue weighted by Crippen LogP contribution is -2.14. The van der Waals surface area contributed by atoms with Gasteiger partial charge >= 0.3 is 0 Å². The summed E-state index contributed by atoms with van der Waals surface area (Å²) in [6, 6.07) is 19.1. The molecule has 1 N–H and O–H groups in total. The first kappa shape index (κ1) is 21.3. The van der Waals surface area contributed by atoms with Gasteiger partial charge in [-0.25, -0.2) is 0 Å². The fraction of sp³-hybridized carbons (Fsp3) is 0.217. The second kappa shape index (κ2) is 10.4. The predicted molar refractivity (Wildman–Crippen MR) is 117 cm³/mol. The Bertz CT molecular complexity index is 963. The number of benzene rings is 3. The van der Waals surface area contributed by atoms with Crippen molar-refractivity contribution in [1.29, 1.82) is 0 Å². The average Bonchev–Trinajstić information content (AvgIpc) is 2.74. The highest BCUT2D eigenvalue weighted by atomic mass is 35.5. The molecule has 0 unspecified atom stereocenters. The monoisotopic (exact) mass is 431 g/mol. The summed E-state index contributed by atoms with van der Waals surface area (Å²) in [7, 11) is 3.28. The molecule has 0 radical (unpaired) electrons. The topological polar surface area (TPSA) is 39.7 Å². The molecule has 0 aliphatic heterocycles. The molecule has 3 aromatic carbocycles. The molecule has 0 heterocycles. The van der Waals surface area contributed by atoms with Crippen LogP contribution in [0, 0.1) is 0 Å². The summed E-state index contributed by atoms with van der Waals surface area (Å²) in [6.07, 6.45) is 0. The maximum Gasteiger partial charge on any atom is 0.163 e. The second-order valence-electron chi connectivity index (χ2n) is 6.43. The van der Waals surface area contributed by atoms with Crippen molar-refractivity contribution < 1.29 is 14.2 Å². The highest BCUT2D eigenvalue weighted by Crippen LogP contribution is 2.34. The molecule has 3 rings (SSSR count). The summed E-state index contributed by atoms with van der Waals surface area (Å²) in [5.74, 6) is 2.07. The van der Waals surface area contributed by atoms with Gasteiger partial charge in [-0.3, -0.25) is 0 Å². The van der Waals surface area contributed by atoms with Gasteiger partial charge < -0.3 is 19.5 Å². The second-order valence-corrected chi connectivity index (χ2v) is 7.27. The van der Waals surface area contributed by atoms with E-state index < -0.39 is 0 Å². The van der Waals surface area contributed by atoms with E-state index in [1.807, 2.05) is 54.6 Å². The van der Waals surface area contributed by atoms with E-state index in [4.69, 9.17) is 37.4 Å². The Balaban J connectivity index is 1.66. The van der Waals surface area contributed by atoms with Crippen LogP contribution < -0.4 is 19.5 Å². The first-order chi connectivity index (χ1) is 14.1. The van der Waals surface area contributed by atoms with E-state index in [0.717, 1.165) is 22.4 Å². The zero-order chi connectivity index (χ0) is 20.6. The van der Waals surface area contributed by atoms with Crippen LogP contribution in [0.4, 0.5) is 0 Å².